The maximum Gasteiger partial charge on any atom is 0.112 e. The number of hydrogen-bond acceptors (Lipinski definition) is 1. The van der Waals surface area contributed by atoms with Gasteiger partial charge in [-0.3, -0.25) is 0 Å². The van der Waals surface area contributed by atoms with Crippen LogP contribution in [-0.2, 0) is 5.60 Å². The molecule has 0 saturated carbocycles. The first-order chi connectivity index (χ1) is 10.2. The lowest BCUT2D eigenvalue weighted by Crippen LogP contribution is -2.38. The van der Waals surface area contributed by atoms with Crippen LogP contribution in [0.15, 0.2) is 72.9 Å². The molecule has 21 heavy (non-hydrogen) atoms. The maximum atomic E-state index is 11.3. The molecule has 2 heteroatoms. The van der Waals surface area contributed by atoms with Crippen molar-refractivity contribution in [2.75, 3.05) is 0 Å². The van der Waals surface area contributed by atoms with E-state index in [-0.39, 0.29) is 6.04 Å². The highest BCUT2D eigenvalue weighted by atomic mass is 16.3. The van der Waals surface area contributed by atoms with E-state index in [1.807, 2.05) is 49.4 Å². The Kier molecular flexibility index (Phi) is 2.57. The summed E-state index contributed by atoms with van der Waals surface area (Å²) in [7, 11) is 0. The van der Waals surface area contributed by atoms with E-state index in [0.29, 0.717) is 0 Å². The van der Waals surface area contributed by atoms with E-state index in [2.05, 4.69) is 35.0 Å². The fourth-order valence-electron chi connectivity index (χ4n) is 3.53. The summed E-state index contributed by atoms with van der Waals surface area (Å²) in [6.45, 7) is 1.91. The predicted octanol–water partition coefficient (Wildman–Crippen LogP) is 3.97. The molecule has 4 rings (SSSR count). The zero-order chi connectivity index (χ0) is 14.4. The quantitative estimate of drug-likeness (QED) is 0.714. The molecule has 2 nitrogen and oxygen atoms in total. The molecule has 2 aromatic carbocycles. The van der Waals surface area contributed by atoms with Crippen LogP contribution in [0.2, 0.25) is 0 Å². The molecule has 0 saturated heterocycles. The Balaban J connectivity index is 2.02. The van der Waals surface area contributed by atoms with Gasteiger partial charge in [-0.25, -0.2) is 0 Å². The molecule has 0 fully saturated rings. The fraction of sp³-hybridized carbons (Fsp3) is 0.158. The maximum absolute atomic E-state index is 11.3. The third kappa shape index (κ3) is 1.69. The summed E-state index contributed by atoms with van der Waals surface area (Å²) in [4.78, 5) is 0. The van der Waals surface area contributed by atoms with Gasteiger partial charge in [0.25, 0.3) is 0 Å². The van der Waals surface area contributed by atoms with Crippen molar-refractivity contribution in [1.29, 1.82) is 0 Å². The number of hydrogen-bond donors (Lipinski definition) is 1. The Labute approximate surface area is 124 Å². The molecule has 0 aliphatic carbocycles. The largest absolute Gasteiger partial charge is 0.383 e. The predicted molar refractivity (Wildman–Crippen MR) is 84.0 cm³/mol. The van der Waals surface area contributed by atoms with Crippen molar-refractivity contribution in [3.8, 4) is 11.3 Å². The minimum atomic E-state index is -0.941. The Morgan fingerprint density at radius 3 is 2.43 bits per heavy atom. The standard InChI is InChI=1S/C19H17NO/c1-19(21)16-11-6-5-10-15(16)17-12-7-13-20(17)18(19)14-8-3-2-4-9-14/h2-13,18,21H,1H3/t18-,19+/m1/s1. The Morgan fingerprint density at radius 1 is 0.905 bits per heavy atom. The van der Waals surface area contributed by atoms with Crippen molar-refractivity contribution in [2.24, 2.45) is 0 Å². The third-order valence-electron chi connectivity index (χ3n) is 4.45. The van der Waals surface area contributed by atoms with E-state index in [0.717, 1.165) is 22.4 Å². The van der Waals surface area contributed by atoms with Gasteiger partial charge in [0.05, 0.1) is 6.04 Å². The summed E-state index contributed by atoms with van der Waals surface area (Å²) in [6.07, 6.45) is 2.05. The number of benzene rings is 2. The molecule has 1 aliphatic rings. The van der Waals surface area contributed by atoms with E-state index in [1.54, 1.807) is 0 Å². The number of fused-ring (bicyclic) bond motifs is 3. The molecule has 3 aromatic rings. The van der Waals surface area contributed by atoms with Crippen LogP contribution >= 0.6 is 0 Å². The molecule has 1 N–H and O–H groups in total. The fourth-order valence-corrected chi connectivity index (χ4v) is 3.53. The summed E-state index contributed by atoms with van der Waals surface area (Å²) in [5, 5.41) is 11.3. The van der Waals surface area contributed by atoms with Gasteiger partial charge >= 0.3 is 0 Å². The van der Waals surface area contributed by atoms with Crippen molar-refractivity contribution in [3.05, 3.63) is 84.1 Å². The van der Waals surface area contributed by atoms with E-state index in [4.69, 9.17) is 0 Å². The van der Waals surface area contributed by atoms with Crippen LogP contribution in [-0.4, -0.2) is 9.67 Å². The molecule has 2 heterocycles. The summed E-state index contributed by atoms with van der Waals surface area (Å²) < 4.78 is 2.18. The molecule has 1 aliphatic heterocycles. The number of rotatable bonds is 1. The van der Waals surface area contributed by atoms with E-state index in [9.17, 15) is 5.11 Å². The van der Waals surface area contributed by atoms with Gasteiger partial charge in [0.15, 0.2) is 0 Å². The average molecular weight is 275 g/mol. The van der Waals surface area contributed by atoms with E-state index >= 15 is 0 Å². The SMILES string of the molecule is C[C@]1(O)c2ccccc2-c2cccn2[C@@H]1c1ccccc1. The molecule has 0 radical (unpaired) electrons. The summed E-state index contributed by atoms with van der Waals surface area (Å²) in [6, 6.07) is 22.4. The molecular weight excluding hydrogens is 258 g/mol. The van der Waals surface area contributed by atoms with E-state index < -0.39 is 5.60 Å². The molecule has 0 amide bonds. The van der Waals surface area contributed by atoms with Crippen LogP contribution in [0.25, 0.3) is 11.3 Å². The molecule has 0 spiro atoms. The summed E-state index contributed by atoms with van der Waals surface area (Å²) >= 11 is 0. The van der Waals surface area contributed by atoms with Crippen molar-refractivity contribution in [3.63, 3.8) is 0 Å². The van der Waals surface area contributed by atoms with Crippen LogP contribution in [0.5, 0.6) is 0 Å². The highest BCUT2D eigenvalue weighted by Crippen LogP contribution is 2.47. The lowest BCUT2D eigenvalue weighted by molar-refractivity contribution is 0.0136. The highest BCUT2D eigenvalue weighted by Gasteiger charge is 2.42. The van der Waals surface area contributed by atoms with Gasteiger partial charge < -0.3 is 9.67 Å². The number of aliphatic hydroxyl groups is 1. The summed E-state index contributed by atoms with van der Waals surface area (Å²) in [5.41, 5.74) is 3.44. The first-order valence-corrected chi connectivity index (χ1v) is 7.23. The van der Waals surface area contributed by atoms with Gasteiger partial charge in [-0.2, -0.15) is 0 Å². The third-order valence-corrected chi connectivity index (χ3v) is 4.45. The van der Waals surface area contributed by atoms with Crippen molar-refractivity contribution in [2.45, 2.75) is 18.6 Å². The van der Waals surface area contributed by atoms with Crippen LogP contribution in [0, 0.1) is 0 Å². The Bertz CT molecular complexity index is 786. The zero-order valence-electron chi connectivity index (χ0n) is 11.9. The van der Waals surface area contributed by atoms with Crippen LogP contribution in [0.3, 0.4) is 0 Å². The van der Waals surface area contributed by atoms with Gasteiger partial charge in [0, 0.05) is 17.5 Å². The first-order valence-electron chi connectivity index (χ1n) is 7.23. The van der Waals surface area contributed by atoms with Gasteiger partial charge in [-0.15, -0.1) is 0 Å². The first kappa shape index (κ1) is 12.4. The lowest BCUT2D eigenvalue weighted by atomic mass is 9.78. The number of nitrogens with zero attached hydrogens (tertiary/aromatic N) is 1. The van der Waals surface area contributed by atoms with E-state index in [1.165, 1.54) is 0 Å². The smallest absolute Gasteiger partial charge is 0.112 e. The Morgan fingerprint density at radius 2 is 1.62 bits per heavy atom. The van der Waals surface area contributed by atoms with Gasteiger partial charge in [0.1, 0.15) is 5.60 Å². The monoisotopic (exact) mass is 275 g/mol. The molecule has 0 unspecified atom stereocenters. The topological polar surface area (TPSA) is 25.2 Å². The minimum absolute atomic E-state index is 0.112. The van der Waals surface area contributed by atoms with Crippen LogP contribution in [0.4, 0.5) is 0 Å². The normalized spacial score (nSPS) is 23.4. The average Bonchev–Trinajstić information content (AvgIpc) is 2.97. The molecule has 104 valence electrons. The molecule has 2 atom stereocenters. The molecule has 1 aromatic heterocycles. The Hall–Kier alpha value is -2.32. The van der Waals surface area contributed by atoms with Crippen LogP contribution < -0.4 is 0 Å². The zero-order valence-corrected chi connectivity index (χ0v) is 11.9. The second kappa shape index (κ2) is 4.34. The highest BCUT2D eigenvalue weighted by molar-refractivity contribution is 5.69. The van der Waals surface area contributed by atoms with Gasteiger partial charge in [-0.05, 0) is 30.2 Å². The van der Waals surface area contributed by atoms with Crippen LogP contribution in [0.1, 0.15) is 24.1 Å². The second-order valence-electron chi connectivity index (χ2n) is 5.81. The second-order valence-corrected chi connectivity index (χ2v) is 5.81. The minimum Gasteiger partial charge on any atom is -0.383 e. The van der Waals surface area contributed by atoms with Gasteiger partial charge in [0.2, 0.25) is 0 Å². The van der Waals surface area contributed by atoms with Crippen molar-refractivity contribution in [1.82, 2.24) is 4.57 Å². The number of aromatic nitrogens is 1. The van der Waals surface area contributed by atoms with Crippen molar-refractivity contribution >= 4 is 0 Å². The summed E-state index contributed by atoms with van der Waals surface area (Å²) in [5.74, 6) is 0. The lowest BCUT2D eigenvalue weighted by Gasteiger charge is -2.41. The van der Waals surface area contributed by atoms with Gasteiger partial charge in [-0.1, -0.05) is 54.6 Å². The molecular formula is C19H17NO. The molecule has 0 bridgehead atoms. The van der Waals surface area contributed by atoms with Crippen molar-refractivity contribution < 1.29 is 5.11 Å².